The van der Waals surface area contributed by atoms with Gasteiger partial charge in [-0.2, -0.15) is 8.42 Å². The summed E-state index contributed by atoms with van der Waals surface area (Å²) in [6.45, 7) is 0.693. The van der Waals surface area contributed by atoms with E-state index in [0.29, 0.717) is 13.0 Å². The highest BCUT2D eigenvalue weighted by molar-refractivity contribution is 7.89. The third kappa shape index (κ3) is 4.23. The topological polar surface area (TPSA) is 80.8 Å². The Morgan fingerprint density at radius 1 is 1.10 bits per heavy atom. The number of sulfonamides is 1. The lowest BCUT2D eigenvalue weighted by Crippen LogP contribution is -2.28. The van der Waals surface area contributed by atoms with Crippen LogP contribution in [0.5, 0.6) is 0 Å². The summed E-state index contributed by atoms with van der Waals surface area (Å²) in [6, 6.07) is 3.97. The van der Waals surface area contributed by atoms with Gasteiger partial charge in [0.2, 0.25) is 10.0 Å². The molecule has 0 saturated carbocycles. The molecule has 0 aliphatic carbocycles. The van der Waals surface area contributed by atoms with Crippen LogP contribution in [-0.4, -0.2) is 48.4 Å². The molecule has 6 nitrogen and oxygen atoms in total. The number of methoxy groups -OCH3 is 1. The molecule has 0 unspecified atom stereocenters. The zero-order valence-electron chi connectivity index (χ0n) is 11.1. The van der Waals surface area contributed by atoms with E-state index in [9.17, 15) is 20.7 Å². The molecular weight excluding hydrogens is 309 g/mol. The van der Waals surface area contributed by atoms with Gasteiger partial charge in [-0.1, -0.05) is 0 Å². The maximum absolute atomic E-state index is 12.7. The lowest BCUT2D eigenvalue weighted by atomic mass is 10.4. The van der Waals surface area contributed by atoms with Gasteiger partial charge in [-0.05, 0) is 30.7 Å². The molecule has 0 atom stereocenters. The fourth-order valence-corrected chi connectivity index (χ4v) is 3.18. The van der Waals surface area contributed by atoms with Gasteiger partial charge >= 0.3 is 10.2 Å². The van der Waals surface area contributed by atoms with Crippen LogP contribution >= 0.6 is 0 Å². The first-order chi connectivity index (χ1) is 9.19. The van der Waals surface area contributed by atoms with E-state index in [1.165, 1.54) is 14.2 Å². The molecule has 9 heteroatoms. The first-order valence-corrected chi connectivity index (χ1v) is 8.52. The predicted molar refractivity (Wildman–Crippen MR) is 71.0 cm³/mol. The van der Waals surface area contributed by atoms with Crippen molar-refractivity contribution < 1.29 is 25.5 Å². The Kier molecular flexibility index (Phi) is 5.63. The van der Waals surface area contributed by atoms with E-state index in [4.69, 9.17) is 4.74 Å². The Bertz CT molecular complexity index is 640. The first kappa shape index (κ1) is 17.0. The second-order valence-corrected chi connectivity index (χ2v) is 7.47. The van der Waals surface area contributed by atoms with Crippen LogP contribution in [0.1, 0.15) is 6.42 Å². The monoisotopic (exact) mass is 325 g/mol. The van der Waals surface area contributed by atoms with Gasteiger partial charge in [-0.3, -0.25) is 0 Å². The lowest BCUT2D eigenvalue weighted by molar-refractivity contribution is 0.189. The van der Waals surface area contributed by atoms with Crippen molar-refractivity contribution in [3.05, 3.63) is 24.3 Å². The van der Waals surface area contributed by atoms with E-state index < -0.39 is 25.1 Å². The molecule has 0 fully saturated rings. The van der Waals surface area contributed by atoms with Crippen molar-refractivity contribution in [1.82, 2.24) is 4.31 Å². The highest BCUT2D eigenvalue weighted by Crippen LogP contribution is 2.18. The zero-order valence-corrected chi connectivity index (χ0v) is 12.7. The molecule has 0 bridgehead atoms. The SMILES string of the molecule is COCCCN(C)S(=O)(=O)c1ccc(S(=O)(=O)F)cc1. The second kappa shape index (κ2) is 6.61. The minimum absolute atomic E-state index is 0.0928. The maximum Gasteiger partial charge on any atom is 0.332 e. The molecule has 0 aliphatic heterocycles. The quantitative estimate of drug-likeness (QED) is 0.552. The molecule has 0 N–H and O–H groups in total. The van der Waals surface area contributed by atoms with Crippen molar-refractivity contribution in [2.24, 2.45) is 0 Å². The average molecular weight is 325 g/mol. The first-order valence-electron chi connectivity index (χ1n) is 5.69. The highest BCUT2D eigenvalue weighted by Gasteiger charge is 2.21. The highest BCUT2D eigenvalue weighted by atomic mass is 32.3. The number of benzene rings is 1. The number of hydrogen-bond acceptors (Lipinski definition) is 5. The summed E-state index contributed by atoms with van der Waals surface area (Å²) in [5, 5.41) is 0. The minimum atomic E-state index is -4.83. The largest absolute Gasteiger partial charge is 0.385 e. The predicted octanol–water partition coefficient (Wildman–Crippen LogP) is 1.00. The van der Waals surface area contributed by atoms with Gasteiger partial charge in [-0.15, -0.1) is 3.89 Å². The molecule has 0 aliphatic rings. The molecule has 0 aromatic heterocycles. The summed E-state index contributed by atoms with van der Waals surface area (Å²) in [4.78, 5) is -0.664. The Balaban J connectivity index is 2.93. The number of hydrogen-bond donors (Lipinski definition) is 0. The fraction of sp³-hybridized carbons (Fsp3) is 0.455. The number of rotatable bonds is 7. The third-order valence-electron chi connectivity index (χ3n) is 2.63. The third-order valence-corrected chi connectivity index (χ3v) is 5.34. The molecule has 0 amide bonds. The van der Waals surface area contributed by atoms with Crippen molar-refractivity contribution in [1.29, 1.82) is 0 Å². The zero-order chi connectivity index (χ0) is 15.4. The van der Waals surface area contributed by atoms with Gasteiger partial charge in [0.25, 0.3) is 0 Å². The van der Waals surface area contributed by atoms with Gasteiger partial charge in [0.15, 0.2) is 0 Å². The van der Waals surface area contributed by atoms with E-state index in [0.717, 1.165) is 28.6 Å². The molecule has 20 heavy (non-hydrogen) atoms. The van der Waals surface area contributed by atoms with E-state index >= 15 is 0 Å². The van der Waals surface area contributed by atoms with E-state index in [1.54, 1.807) is 0 Å². The van der Waals surface area contributed by atoms with Crippen molar-refractivity contribution in [2.75, 3.05) is 27.3 Å². The summed E-state index contributed by atoms with van der Waals surface area (Å²) in [6.07, 6.45) is 0.531. The van der Waals surface area contributed by atoms with Crippen LogP contribution in [0.15, 0.2) is 34.1 Å². The molecule has 1 aromatic rings. The summed E-state index contributed by atoms with van der Waals surface area (Å²) in [7, 11) is -5.62. The summed E-state index contributed by atoms with van der Waals surface area (Å²) in [5.41, 5.74) is 0. The lowest BCUT2D eigenvalue weighted by Gasteiger charge is -2.16. The van der Waals surface area contributed by atoms with Crippen molar-refractivity contribution in [2.45, 2.75) is 16.2 Å². The summed E-state index contributed by atoms with van der Waals surface area (Å²) in [5.74, 6) is 0. The van der Waals surface area contributed by atoms with Gasteiger partial charge < -0.3 is 4.74 Å². The number of ether oxygens (including phenoxy) is 1. The average Bonchev–Trinajstić information content (AvgIpc) is 2.38. The van der Waals surface area contributed by atoms with Crippen LogP contribution in [-0.2, 0) is 25.0 Å². The van der Waals surface area contributed by atoms with Crippen LogP contribution in [0.3, 0.4) is 0 Å². The normalized spacial score (nSPS) is 12.8. The Morgan fingerprint density at radius 2 is 1.60 bits per heavy atom. The van der Waals surface area contributed by atoms with E-state index in [1.807, 2.05) is 0 Å². The number of nitrogens with zero attached hydrogens (tertiary/aromatic N) is 1. The molecule has 1 rings (SSSR count). The minimum Gasteiger partial charge on any atom is -0.385 e. The Hall–Kier alpha value is -1.03. The molecule has 114 valence electrons. The van der Waals surface area contributed by atoms with Crippen LogP contribution in [0, 0.1) is 0 Å². The van der Waals surface area contributed by atoms with Gasteiger partial charge in [0.05, 0.1) is 9.79 Å². The van der Waals surface area contributed by atoms with Crippen LogP contribution in [0.4, 0.5) is 3.89 Å². The van der Waals surface area contributed by atoms with E-state index in [2.05, 4.69) is 0 Å². The molecule has 0 heterocycles. The van der Waals surface area contributed by atoms with Gasteiger partial charge in [0.1, 0.15) is 0 Å². The summed E-state index contributed by atoms with van der Waals surface area (Å²) < 4.78 is 64.3. The Morgan fingerprint density at radius 3 is 2.05 bits per heavy atom. The molecular formula is C11H16FNO5S2. The van der Waals surface area contributed by atoms with Crippen LogP contribution in [0.25, 0.3) is 0 Å². The molecule has 0 saturated heterocycles. The maximum atomic E-state index is 12.7. The fourth-order valence-electron chi connectivity index (χ4n) is 1.51. The molecule has 0 radical (unpaired) electrons. The second-order valence-electron chi connectivity index (χ2n) is 4.08. The molecule has 1 aromatic carbocycles. The number of halogens is 1. The van der Waals surface area contributed by atoms with Crippen LogP contribution < -0.4 is 0 Å². The van der Waals surface area contributed by atoms with Gasteiger partial charge in [0, 0.05) is 27.3 Å². The van der Waals surface area contributed by atoms with Crippen molar-refractivity contribution in [3.63, 3.8) is 0 Å². The van der Waals surface area contributed by atoms with Gasteiger partial charge in [-0.25, -0.2) is 12.7 Å². The van der Waals surface area contributed by atoms with Crippen LogP contribution in [0.2, 0.25) is 0 Å². The Labute approximate surface area is 118 Å². The van der Waals surface area contributed by atoms with Crippen molar-refractivity contribution in [3.8, 4) is 0 Å². The van der Waals surface area contributed by atoms with E-state index in [-0.39, 0.29) is 11.4 Å². The molecule has 0 spiro atoms. The summed E-state index contributed by atoms with van der Waals surface area (Å²) >= 11 is 0. The van der Waals surface area contributed by atoms with Crippen molar-refractivity contribution >= 4 is 20.2 Å². The standard InChI is InChI=1S/C11H16FNO5S2/c1-13(8-3-9-18-2)20(16,17)11-6-4-10(5-7-11)19(12,14)15/h4-7H,3,8-9H2,1-2H3. The smallest absolute Gasteiger partial charge is 0.332 e.